The number of rotatable bonds is 7. The van der Waals surface area contributed by atoms with Crippen LogP contribution in [0.4, 0.5) is 5.69 Å². The first-order chi connectivity index (χ1) is 14.3. The molecule has 1 N–H and O–H groups in total. The quantitative estimate of drug-likeness (QED) is 0.536. The van der Waals surface area contributed by atoms with Crippen molar-refractivity contribution in [2.75, 3.05) is 5.32 Å². The molecule has 1 aromatic carbocycles. The molecule has 2 heterocycles. The highest BCUT2D eigenvalue weighted by molar-refractivity contribution is 6.31. The molecule has 0 bridgehead atoms. The minimum Gasteiger partial charge on any atom is -0.424 e. The summed E-state index contributed by atoms with van der Waals surface area (Å²) in [5, 5.41) is 7.85. The molecule has 8 heteroatoms. The largest absolute Gasteiger partial charge is 0.424 e. The number of aromatic nitrogens is 4. The molecule has 2 aromatic heterocycles. The van der Waals surface area contributed by atoms with Gasteiger partial charge in [0.05, 0.1) is 5.69 Å². The molecule has 0 unspecified atom stereocenters. The number of halogens is 1. The van der Waals surface area contributed by atoms with Crippen LogP contribution in [0.15, 0.2) is 42.7 Å². The molecule has 0 aliphatic heterocycles. The fraction of sp³-hybridized carbons (Fsp3) is 0.273. The van der Waals surface area contributed by atoms with Gasteiger partial charge in [0.25, 0.3) is 0 Å². The average Bonchev–Trinajstić information content (AvgIpc) is 2.95. The summed E-state index contributed by atoms with van der Waals surface area (Å²) in [6.45, 7) is 8.68. The van der Waals surface area contributed by atoms with Gasteiger partial charge >= 0.3 is 6.01 Å². The van der Waals surface area contributed by atoms with Crippen molar-refractivity contribution in [2.45, 2.75) is 34.2 Å². The van der Waals surface area contributed by atoms with Gasteiger partial charge in [-0.1, -0.05) is 25.4 Å². The van der Waals surface area contributed by atoms with Crippen LogP contribution in [0.25, 0.3) is 6.08 Å². The Labute approximate surface area is 180 Å². The van der Waals surface area contributed by atoms with Crippen LogP contribution >= 0.6 is 11.6 Å². The summed E-state index contributed by atoms with van der Waals surface area (Å²) in [6, 6.07) is 7.32. The van der Waals surface area contributed by atoms with Crippen molar-refractivity contribution in [2.24, 2.45) is 5.92 Å². The third-order valence-electron chi connectivity index (χ3n) is 4.26. The van der Waals surface area contributed by atoms with Crippen molar-refractivity contribution >= 4 is 29.3 Å². The molecule has 1 amide bonds. The van der Waals surface area contributed by atoms with Crippen molar-refractivity contribution < 1.29 is 9.53 Å². The van der Waals surface area contributed by atoms with Crippen molar-refractivity contribution in [3.05, 3.63) is 64.7 Å². The van der Waals surface area contributed by atoms with E-state index in [1.165, 1.54) is 6.08 Å². The Kier molecular flexibility index (Phi) is 6.84. The smallest absolute Gasteiger partial charge is 0.321 e. The van der Waals surface area contributed by atoms with E-state index in [1.807, 2.05) is 19.9 Å². The molecule has 0 aliphatic carbocycles. The Morgan fingerprint density at radius 1 is 1.27 bits per heavy atom. The number of hydrogen-bond acceptors (Lipinski definition) is 5. The van der Waals surface area contributed by atoms with E-state index in [1.54, 1.807) is 41.4 Å². The number of anilines is 1. The lowest BCUT2D eigenvalue weighted by atomic mass is 10.2. The zero-order valence-electron chi connectivity index (χ0n) is 17.4. The van der Waals surface area contributed by atoms with Gasteiger partial charge in [0.15, 0.2) is 0 Å². The van der Waals surface area contributed by atoms with Crippen molar-refractivity contribution in [1.29, 1.82) is 0 Å². The summed E-state index contributed by atoms with van der Waals surface area (Å²) in [5.41, 5.74) is 3.06. The number of hydrogen-bond donors (Lipinski definition) is 1. The lowest BCUT2D eigenvalue weighted by molar-refractivity contribution is -0.111. The summed E-state index contributed by atoms with van der Waals surface area (Å²) in [6.07, 6.45) is 6.36. The highest BCUT2D eigenvalue weighted by atomic mass is 35.5. The van der Waals surface area contributed by atoms with Gasteiger partial charge in [-0.15, -0.1) is 0 Å². The summed E-state index contributed by atoms with van der Waals surface area (Å²) in [7, 11) is 0. The summed E-state index contributed by atoms with van der Waals surface area (Å²) < 4.78 is 7.37. The van der Waals surface area contributed by atoms with Crippen LogP contribution in [0.3, 0.4) is 0 Å². The Hall–Kier alpha value is -3.19. The second-order valence-electron chi connectivity index (χ2n) is 7.30. The maximum Gasteiger partial charge on any atom is 0.321 e. The highest BCUT2D eigenvalue weighted by Gasteiger charge is 2.12. The van der Waals surface area contributed by atoms with E-state index >= 15 is 0 Å². The molecule has 0 spiro atoms. The highest BCUT2D eigenvalue weighted by Crippen LogP contribution is 2.25. The molecular formula is C22H24ClN5O2. The van der Waals surface area contributed by atoms with E-state index in [-0.39, 0.29) is 11.9 Å². The summed E-state index contributed by atoms with van der Waals surface area (Å²) in [4.78, 5) is 20.5. The third-order valence-corrected chi connectivity index (χ3v) is 4.65. The van der Waals surface area contributed by atoms with Crippen LogP contribution in [0.5, 0.6) is 11.8 Å². The molecule has 0 aliphatic rings. The molecule has 0 saturated heterocycles. The molecule has 7 nitrogen and oxygen atoms in total. The monoisotopic (exact) mass is 425 g/mol. The maximum absolute atomic E-state index is 12.4. The lowest BCUT2D eigenvalue weighted by Gasteiger charge is -2.09. The standard InChI is InChI=1S/C22H24ClN5O2/c1-14(2)13-28-21(23)18(16(4)27-28)7-9-20(29)26-19-8-6-17(12-15(19)3)30-22-24-10-5-11-25-22/h5-12,14H,13H2,1-4H3,(H,26,29)/b9-7+. The van der Waals surface area contributed by atoms with Crippen LogP contribution in [-0.2, 0) is 11.3 Å². The molecule has 0 radical (unpaired) electrons. The SMILES string of the molecule is Cc1cc(Oc2ncccn2)ccc1NC(=O)/C=C/c1c(C)nn(CC(C)C)c1Cl. The number of carbonyl (C=O) groups excluding carboxylic acids is 1. The molecule has 3 rings (SSSR count). The fourth-order valence-corrected chi connectivity index (χ4v) is 3.15. The van der Waals surface area contributed by atoms with E-state index in [9.17, 15) is 4.79 Å². The second-order valence-corrected chi connectivity index (χ2v) is 7.66. The van der Waals surface area contributed by atoms with Crippen molar-refractivity contribution in [1.82, 2.24) is 19.7 Å². The maximum atomic E-state index is 12.4. The van der Waals surface area contributed by atoms with Crippen molar-refractivity contribution in [3.8, 4) is 11.8 Å². The van der Waals surface area contributed by atoms with Crippen LogP contribution in [0, 0.1) is 19.8 Å². The predicted octanol–water partition coefficient (Wildman–Crippen LogP) is 5.04. The molecule has 3 aromatic rings. The Morgan fingerprint density at radius 2 is 2.00 bits per heavy atom. The van der Waals surface area contributed by atoms with Gasteiger partial charge in [0.1, 0.15) is 10.9 Å². The average molecular weight is 426 g/mol. The minimum atomic E-state index is -0.259. The summed E-state index contributed by atoms with van der Waals surface area (Å²) in [5.74, 6) is 0.753. The van der Waals surface area contributed by atoms with Gasteiger partial charge in [-0.25, -0.2) is 9.97 Å². The molecule has 0 atom stereocenters. The van der Waals surface area contributed by atoms with E-state index in [0.717, 1.165) is 23.4 Å². The minimum absolute atomic E-state index is 0.259. The van der Waals surface area contributed by atoms with E-state index < -0.39 is 0 Å². The molecule has 0 fully saturated rings. The van der Waals surface area contributed by atoms with E-state index in [0.29, 0.717) is 22.5 Å². The number of amides is 1. The topological polar surface area (TPSA) is 81.9 Å². The van der Waals surface area contributed by atoms with Crippen LogP contribution in [0.1, 0.15) is 30.7 Å². The van der Waals surface area contributed by atoms with Crippen molar-refractivity contribution in [3.63, 3.8) is 0 Å². The van der Waals surface area contributed by atoms with Crippen LogP contribution in [0.2, 0.25) is 5.15 Å². The predicted molar refractivity (Wildman–Crippen MR) is 118 cm³/mol. The lowest BCUT2D eigenvalue weighted by Crippen LogP contribution is -2.09. The van der Waals surface area contributed by atoms with E-state index in [4.69, 9.17) is 16.3 Å². The normalized spacial score (nSPS) is 11.3. The van der Waals surface area contributed by atoms with Gasteiger partial charge in [-0.05, 0) is 55.7 Å². The number of benzene rings is 1. The first-order valence-corrected chi connectivity index (χ1v) is 9.98. The molecule has 30 heavy (non-hydrogen) atoms. The number of carbonyl (C=O) groups is 1. The molecule has 156 valence electrons. The van der Waals surface area contributed by atoms with E-state index in [2.05, 4.69) is 34.2 Å². The summed E-state index contributed by atoms with van der Waals surface area (Å²) >= 11 is 6.42. The zero-order chi connectivity index (χ0) is 21.7. The number of nitrogens with one attached hydrogen (secondary N) is 1. The van der Waals surface area contributed by atoms with Gasteiger partial charge < -0.3 is 10.1 Å². The first-order valence-electron chi connectivity index (χ1n) is 9.61. The van der Waals surface area contributed by atoms with Gasteiger partial charge in [-0.2, -0.15) is 5.10 Å². The van der Waals surface area contributed by atoms with Crippen LogP contribution < -0.4 is 10.1 Å². The zero-order valence-corrected chi connectivity index (χ0v) is 18.1. The number of aryl methyl sites for hydroxylation is 2. The number of ether oxygens (including phenoxy) is 1. The Morgan fingerprint density at radius 3 is 2.67 bits per heavy atom. The fourth-order valence-electron chi connectivity index (χ4n) is 2.84. The van der Waals surface area contributed by atoms with Gasteiger partial charge in [0, 0.05) is 36.3 Å². The molecule has 0 saturated carbocycles. The second kappa shape index (κ2) is 9.54. The molecular weight excluding hydrogens is 402 g/mol. The first kappa shape index (κ1) is 21.5. The van der Waals surface area contributed by atoms with Gasteiger partial charge in [-0.3, -0.25) is 9.48 Å². The number of nitrogens with zero attached hydrogens (tertiary/aromatic N) is 4. The van der Waals surface area contributed by atoms with Gasteiger partial charge in [0.2, 0.25) is 5.91 Å². The Bertz CT molecular complexity index is 1060. The third kappa shape index (κ3) is 5.45. The Balaban J connectivity index is 1.67. The van der Waals surface area contributed by atoms with Crippen LogP contribution in [-0.4, -0.2) is 25.7 Å².